The van der Waals surface area contributed by atoms with E-state index in [9.17, 15) is 9.59 Å². The zero-order valence-electron chi connectivity index (χ0n) is 20.5. The molecule has 1 aromatic carbocycles. The lowest BCUT2D eigenvalue weighted by Crippen LogP contribution is -2.65. The van der Waals surface area contributed by atoms with Gasteiger partial charge in [-0.05, 0) is 50.8 Å². The van der Waals surface area contributed by atoms with Crippen LogP contribution in [0.3, 0.4) is 0 Å². The molecule has 6 heteroatoms. The molecule has 0 radical (unpaired) electrons. The van der Waals surface area contributed by atoms with Crippen molar-refractivity contribution in [2.45, 2.75) is 89.9 Å². The van der Waals surface area contributed by atoms with Crippen molar-refractivity contribution in [1.82, 2.24) is 14.8 Å². The molecule has 180 valence electrons. The highest BCUT2D eigenvalue weighted by Crippen LogP contribution is 2.40. The van der Waals surface area contributed by atoms with Crippen LogP contribution < -0.4 is 5.32 Å². The molecule has 0 saturated heterocycles. The van der Waals surface area contributed by atoms with Crippen LogP contribution in [0.1, 0.15) is 86.3 Å². The summed E-state index contributed by atoms with van der Waals surface area (Å²) < 4.78 is 3.22. The minimum absolute atomic E-state index is 0.0334. The number of hydrogen-bond acceptors (Lipinski definition) is 3. The Hall–Kier alpha value is -2.60. The molecular formula is C28H35N3O2S. The number of benzene rings is 1. The van der Waals surface area contributed by atoms with Crippen LogP contribution in [0.2, 0.25) is 0 Å². The summed E-state index contributed by atoms with van der Waals surface area (Å²) in [5.41, 5.74) is 1.82. The van der Waals surface area contributed by atoms with E-state index in [1.165, 1.54) is 17.7 Å². The van der Waals surface area contributed by atoms with Crippen molar-refractivity contribution in [2.75, 3.05) is 0 Å². The van der Waals surface area contributed by atoms with Gasteiger partial charge in [0, 0.05) is 10.9 Å². The van der Waals surface area contributed by atoms with E-state index in [1.807, 2.05) is 55.1 Å². The highest BCUT2D eigenvalue weighted by atomic mass is 32.1. The highest BCUT2D eigenvalue weighted by molar-refractivity contribution is 7.19. The fourth-order valence-electron chi connectivity index (χ4n) is 5.78. The SMILES string of the molecule is CCc1cc2c(cc3n2C[C@](C)(C(=O)NC2CCCCCC2)N([C@H](C)c2ccccc2)C3=O)s1. The van der Waals surface area contributed by atoms with Gasteiger partial charge >= 0.3 is 0 Å². The Bertz CT molecular complexity index is 1190. The smallest absolute Gasteiger partial charge is 0.272 e. The van der Waals surface area contributed by atoms with Crippen LogP contribution in [0.5, 0.6) is 0 Å². The number of carbonyl (C=O) groups excluding carboxylic acids is 2. The number of carbonyl (C=O) groups is 2. The number of hydrogen-bond donors (Lipinski definition) is 1. The molecule has 34 heavy (non-hydrogen) atoms. The lowest BCUT2D eigenvalue weighted by atomic mass is 9.90. The molecule has 3 heterocycles. The van der Waals surface area contributed by atoms with Gasteiger partial charge in [-0.2, -0.15) is 0 Å². The normalized spacial score (nSPS) is 22.4. The van der Waals surface area contributed by atoms with Crippen molar-refractivity contribution in [1.29, 1.82) is 0 Å². The van der Waals surface area contributed by atoms with E-state index in [0.717, 1.165) is 47.9 Å². The number of fused-ring (bicyclic) bond motifs is 3. The van der Waals surface area contributed by atoms with Gasteiger partial charge in [0.25, 0.3) is 5.91 Å². The van der Waals surface area contributed by atoms with Crippen LogP contribution in [0.4, 0.5) is 0 Å². The first-order valence-corrected chi connectivity index (χ1v) is 13.6. The number of nitrogens with one attached hydrogen (secondary N) is 1. The summed E-state index contributed by atoms with van der Waals surface area (Å²) in [6, 6.07) is 14.2. The zero-order chi connectivity index (χ0) is 23.9. The van der Waals surface area contributed by atoms with Gasteiger partial charge in [0.2, 0.25) is 5.91 Å². The van der Waals surface area contributed by atoms with Crippen LogP contribution in [0, 0.1) is 0 Å². The van der Waals surface area contributed by atoms with Crippen LogP contribution in [-0.2, 0) is 17.8 Å². The minimum atomic E-state index is -0.980. The summed E-state index contributed by atoms with van der Waals surface area (Å²) in [6.07, 6.45) is 7.80. The fourth-order valence-corrected chi connectivity index (χ4v) is 6.82. The molecular weight excluding hydrogens is 442 g/mol. The maximum atomic E-state index is 14.1. The minimum Gasteiger partial charge on any atom is -0.351 e. The van der Waals surface area contributed by atoms with Crippen molar-refractivity contribution < 1.29 is 9.59 Å². The summed E-state index contributed by atoms with van der Waals surface area (Å²) in [4.78, 5) is 31.2. The quantitative estimate of drug-likeness (QED) is 0.453. The second kappa shape index (κ2) is 9.21. The van der Waals surface area contributed by atoms with Crippen LogP contribution >= 0.6 is 11.3 Å². The fraction of sp³-hybridized carbons (Fsp3) is 0.500. The predicted molar refractivity (Wildman–Crippen MR) is 138 cm³/mol. The number of aromatic nitrogens is 1. The first-order chi connectivity index (χ1) is 16.4. The lowest BCUT2D eigenvalue weighted by Gasteiger charge is -2.47. The average Bonchev–Trinajstić information content (AvgIpc) is 3.28. The molecule has 2 aliphatic rings. The maximum absolute atomic E-state index is 14.1. The van der Waals surface area contributed by atoms with Gasteiger partial charge < -0.3 is 14.8 Å². The molecule has 2 atom stereocenters. The van der Waals surface area contributed by atoms with Crippen molar-refractivity contribution in [3.63, 3.8) is 0 Å². The van der Waals surface area contributed by atoms with Crippen molar-refractivity contribution in [2.24, 2.45) is 0 Å². The number of amides is 2. The maximum Gasteiger partial charge on any atom is 0.272 e. The number of rotatable bonds is 5. The molecule has 1 N–H and O–H groups in total. The van der Waals surface area contributed by atoms with Gasteiger partial charge in [0.1, 0.15) is 11.2 Å². The van der Waals surface area contributed by atoms with Crippen molar-refractivity contribution in [3.05, 3.63) is 58.6 Å². The Kier molecular flexibility index (Phi) is 6.28. The van der Waals surface area contributed by atoms with E-state index in [-0.39, 0.29) is 23.9 Å². The van der Waals surface area contributed by atoms with Crippen molar-refractivity contribution >= 4 is 33.4 Å². The Balaban J connectivity index is 1.56. The molecule has 1 saturated carbocycles. The molecule has 1 fully saturated rings. The molecule has 5 nitrogen and oxygen atoms in total. The Labute approximate surface area is 206 Å². The monoisotopic (exact) mass is 477 g/mol. The largest absolute Gasteiger partial charge is 0.351 e. The second-order valence-electron chi connectivity index (χ2n) is 10.1. The van der Waals surface area contributed by atoms with Gasteiger partial charge in [-0.25, -0.2) is 0 Å². The first kappa shape index (κ1) is 23.2. The molecule has 0 spiro atoms. The molecule has 1 aliphatic carbocycles. The average molecular weight is 478 g/mol. The number of nitrogens with zero attached hydrogens (tertiary/aromatic N) is 2. The van der Waals surface area contributed by atoms with E-state index in [2.05, 4.69) is 22.9 Å². The van der Waals surface area contributed by atoms with Crippen LogP contribution in [0.15, 0.2) is 42.5 Å². The van der Waals surface area contributed by atoms with E-state index in [0.29, 0.717) is 12.2 Å². The first-order valence-electron chi connectivity index (χ1n) is 12.7. The predicted octanol–water partition coefficient (Wildman–Crippen LogP) is 6.08. The molecule has 3 aromatic rings. The molecule has 0 bridgehead atoms. The van der Waals surface area contributed by atoms with Gasteiger partial charge in [-0.1, -0.05) is 62.9 Å². The lowest BCUT2D eigenvalue weighted by molar-refractivity contribution is -0.135. The third-order valence-electron chi connectivity index (χ3n) is 7.77. The molecule has 1 aliphatic heterocycles. The molecule has 0 unspecified atom stereocenters. The highest BCUT2D eigenvalue weighted by Gasteiger charge is 2.50. The van der Waals surface area contributed by atoms with Crippen LogP contribution in [0.25, 0.3) is 10.2 Å². The summed E-state index contributed by atoms with van der Waals surface area (Å²) in [5, 5.41) is 3.37. The molecule has 2 amide bonds. The Morgan fingerprint density at radius 1 is 1.15 bits per heavy atom. The molecule has 5 rings (SSSR count). The van der Waals surface area contributed by atoms with Gasteiger partial charge in [0.05, 0.1) is 22.8 Å². The number of aryl methyl sites for hydroxylation is 1. The van der Waals surface area contributed by atoms with E-state index in [1.54, 1.807) is 11.3 Å². The third-order valence-corrected chi connectivity index (χ3v) is 8.99. The van der Waals surface area contributed by atoms with Crippen LogP contribution in [-0.4, -0.2) is 32.9 Å². The summed E-state index contributed by atoms with van der Waals surface area (Å²) in [7, 11) is 0. The van der Waals surface area contributed by atoms with Gasteiger partial charge in [-0.15, -0.1) is 11.3 Å². The van der Waals surface area contributed by atoms with E-state index < -0.39 is 5.54 Å². The summed E-state index contributed by atoms with van der Waals surface area (Å²) in [6.45, 7) is 6.62. The summed E-state index contributed by atoms with van der Waals surface area (Å²) in [5.74, 6) is -0.100. The van der Waals surface area contributed by atoms with Gasteiger partial charge in [0.15, 0.2) is 0 Å². The Morgan fingerprint density at radius 3 is 2.53 bits per heavy atom. The standard InChI is InChI=1S/C28H35N3O2S/c1-4-22-16-23-25(34-22)17-24-26(32)31(19(2)20-12-8-7-9-13-20)28(3,18-30(23)24)27(33)29-21-14-10-5-6-11-15-21/h7-9,12-13,16-17,19,21H,4-6,10-11,14-15,18H2,1-3H3,(H,29,33)/t19-,28-/m1/s1. The second-order valence-corrected chi connectivity index (χ2v) is 11.3. The van der Waals surface area contributed by atoms with Crippen molar-refractivity contribution in [3.8, 4) is 0 Å². The third kappa shape index (κ3) is 3.96. The molecule has 2 aromatic heterocycles. The zero-order valence-corrected chi connectivity index (χ0v) is 21.3. The summed E-state index contributed by atoms with van der Waals surface area (Å²) >= 11 is 1.75. The van der Waals surface area contributed by atoms with Gasteiger partial charge in [-0.3, -0.25) is 9.59 Å². The Morgan fingerprint density at radius 2 is 1.85 bits per heavy atom. The van der Waals surface area contributed by atoms with E-state index >= 15 is 0 Å². The number of thiophene rings is 1. The van der Waals surface area contributed by atoms with E-state index in [4.69, 9.17) is 0 Å². The topological polar surface area (TPSA) is 54.3 Å².